The average Bonchev–Trinajstić information content (AvgIpc) is 2.57. The summed E-state index contributed by atoms with van der Waals surface area (Å²) in [6.45, 7) is 2.28. The van der Waals surface area contributed by atoms with Gasteiger partial charge in [0.15, 0.2) is 0 Å². The lowest BCUT2D eigenvalue weighted by Gasteiger charge is -1.97. The van der Waals surface area contributed by atoms with E-state index in [1.54, 1.807) is 21.0 Å². The van der Waals surface area contributed by atoms with Crippen molar-refractivity contribution < 1.29 is 0 Å². The van der Waals surface area contributed by atoms with Gasteiger partial charge in [-0.3, -0.25) is 0 Å². The molecule has 0 bridgehead atoms. The molecular weight excluding hydrogens is 201 g/mol. The third-order valence-corrected chi connectivity index (χ3v) is 7.34. The zero-order chi connectivity index (χ0) is 8.65. The average molecular weight is 218 g/mol. The molecule has 1 unspecified atom stereocenters. The van der Waals surface area contributed by atoms with Gasteiger partial charge >= 0.3 is 0 Å². The summed E-state index contributed by atoms with van der Waals surface area (Å²) in [7, 11) is 4.37. The minimum absolute atomic E-state index is 1.15. The van der Waals surface area contributed by atoms with Crippen LogP contribution >= 0.6 is 23.3 Å². The highest BCUT2D eigenvalue weighted by molar-refractivity contribution is 8.17. The Labute approximate surface area is 80.2 Å². The van der Waals surface area contributed by atoms with Crippen molar-refractivity contribution in [3.8, 4) is 0 Å². The lowest BCUT2D eigenvalue weighted by molar-refractivity contribution is 0.634. The van der Waals surface area contributed by atoms with Crippen LogP contribution in [0.1, 0.15) is 44.3 Å². The molecular formula is C9H17P3. The summed E-state index contributed by atoms with van der Waals surface area (Å²) < 4.78 is 0. The van der Waals surface area contributed by atoms with E-state index < -0.39 is 0 Å². The van der Waals surface area contributed by atoms with Crippen molar-refractivity contribution in [2.45, 2.75) is 45.4 Å². The summed E-state index contributed by atoms with van der Waals surface area (Å²) in [6, 6.07) is 0. The molecule has 0 spiro atoms. The summed E-state index contributed by atoms with van der Waals surface area (Å²) >= 11 is 0. The second kappa shape index (κ2) is 7.08. The smallest absolute Gasteiger partial charge is 0.0118 e. The van der Waals surface area contributed by atoms with Crippen molar-refractivity contribution >= 4 is 23.3 Å². The summed E-state index contributed by atoms with van der Waals surface area (Å²) in [5.74, 6) is 2.43. The molecule has 0 saturated carbocycles. The Hall–Kier alpha value is 0.640. The first-order valence-electron chi connectivity index (χ1n) is 4.78. The molecule has 3 heteroatoms. The molecule has 1 aromatic rings. The Bertz CT molecular complexity index is 182. The molecule has 1 heterocycles. The predicted octanol–water partition coefficient (Wildman–Crippen LogP) is 5.39. The topological polar surface area (TPSA) is 0 Å². The van der Waals surface area contributed by atoms with Crippen LogP contribution in [0.25, 0.3) is 0 Å². The van der Waals surface area contributed by atoms with Crippen molar-refractivity contribution in [2.24, 2.45) is 0 Å². The van der Waals surface area contributed by atoms with Gasteiger partial charge < -0.3 is 0 Å². The van der Waals surface area contributed by atoms with Crippen LogP contribution in [0.2, 0.25) is 0 Å². The summed E-state index contributed by atoms with van der Waals surface area (Å²) in [5.41, 5.74) is 0. The molecule has 0 N–H and O–H groups in total. The highest BCUT2D eigenvalue weighted by Crippen LogP contribution is 2.37. The van der Waals surface area contributed by atoms with Gasteiger partial charge in [-0.2, -0.15) is 0 Å². The van der Waals surface area contributed by atoms with Gasteiger partial charge in [0.05, 0.1) is 0 Å². The quantitative estimate of drug-likeness (QED) is 0.561. The summed E-state index contributed by atoms with van der Waals surface area (Å²) in [4.78, 5) is 0. The zero-order valence-corrected chi connectivity index (χ0v) is 10.5. The van der Waals surface area contributed by atoms with Crippen LogP contribution in [0.5, 0.6) is 0 Å². The van der Waals surface area contributed by atoms with E-state index >= 15 is 0 Å². The molecule has 1 atom stereocenters. The van der Waals surface area contributed by atoms with Gasteiger partial charge in [0.2, 0.25) is 0 Å². The van der Waals surface area contributed by atoms with Crippen molar-refractivity contribution in [2.75, 3.05) is 0 Å². The van der Waals surface area contributed by atoms with E-state index in [9.17, 15) is 0 Å². The normalized spacial score (nSPS) is 12.4. The summed E-state index contributed by atoms with van der Waals surface area (Å²) in [5, 5.41) is 1.71. The molecule has 0 radical (unpaired) electrons. The van der Waals surface area contributed by atoms with Crippen LogP contribution in [0.15, 0.2) is 5.80 Å². The van der Waals surface area contributed by atoms with Gasteiger partial charge in [0, 0.05) is 0 Å². The maximum atomic E-state index is 2.43. The van der Waals surface area contributed by atoms with Crippen LogP contribution in [0.4, 0.5) is 0 Å². The van der Waals surface area contributed by atoms with Gasteiger partial charge in [-0.05, 0) is 31.8 Å². The third kappa shape index (κ3) is 4.61. The second-order valence-corrected chi connectivity index (χ2v) is 8.49. The molecule has 12 heavy (non-hydrogen) atoms. The maximum absolute atomic E-state index is 2.43. The molecule has 1 aromatic heterocycles. The SMILES string of the molecule is CCCCCCCc1cp[pH]p1. The first kappa shape index (κ1) is 10.7. The fraction of sp³-hybridized carbons (Fsp3) is 0.778. The van der Waals surface area contributed by atoms with Crippen LogP contribution in [-0.4, -0.2) is 0 Å². The van der Waals surface area contributed by atoms with Gasteiger partial charge in [-0.25, -0.2) is 0 Å². The number of aryl methyl sites for hydroxylation is 1. The highest BCUT2D eigenvalue weighted by atomic mass is 32.1. The first-order valence-corrected chi connectivity index (χ1v) is 9.32. The van der Waals surface area contributed by atoms with Gasteiger partial charge in [-0.1, -0.05) is 48.0 Å². The largest absolute Gasteiger partial charge is 0.0816 e. The van der Waals surface area contributed by atoms with E-state index in [1.807, 2.05) is 0 Å². The van der Waals surface area contributed by atoms with Crippen molar-refractivity contribution in [1.82, 2.24) is 0 Å². The lowest BCUT2D eigenvalue weighted by Crippen LogP contribution is -1.80. The fourth-order valence-electron chi connectivity index (χ4n) is 1.26. The van der Waals surface area contributed by atoms with Crippen LogP contribution in [-0.2, 0) is 6.42 Å². The molecule has 1 rings (SSSR count). The zero-order valence-electron chi connectivity index (χ0n) is 7.71. The molecule has 68 valence electrons. The number of hydrogen-bond acceptors (Lipinski definition) is 0. The van der Waals surface area contributed by atoms with Crippen LogP contribution in [0.3, 0.4) is 0 Å². The Kier molecular flexibility index (Phi) is 6.33. The molecule has 0 nitrogen and oxygen atoms in total. The van der Waals surface area contributed by atoms with E-state index in [2.05, 4.69) is 12.7 Å². The number of unbranched alkanes of at least 4 members (excludes halogenated alkanes) is 4. The molecule has 0 saturated heterocycles. The monoisotopic (exact) mass is 218 g/mol. The van der Waals surface area contributed by atoms with Crippen molar-refractivity contribution in [1.29, 1.82) is 0 Å². The maximum Gasteiger partial charge on any atom is -0.0118 e. The Balaban J connectivity index is 1.96. The van der Waals surface area contributed by atoms with Gasteiger partial charge in [0.1, 0.15) is 0 Å². The molecule has 0 fully saturated rings. The molecule has 0 aliphatic heterocycles. The Morgan fingerprint density at radius 1 is 1.25 bits per heavy atom. The predicted molar refractivity (Wildman–Crippen MR) is 63.4 cm³/mol. The van der Waals surface area contributed by atoms with E-state index in [0.717, 1.165) is 7.55 Å². The van der Waals surface area contributed by atoms with E-state index in [0.29, 0.717) is 0 Å². The molecule has 0 amide bonds. The van der Waals surface area contributed by atoms with Crippen molar-refractivity contribution in [3.63, 3.8) is 0 Å². The van der Waals surface area contributed by atoms with Gasteiger partial charge in [-0.15, -0.1) is 0 Å². The Morgan fingerprint density at radius 3 is 2.75 bits per heavy atom. The minimum atomic E-state index is 1.15. The molecule has 0 aliphatic rings. The highest BCUT2D eigenvalue weighted by Gasteiger charge is 1.93. The Morgan fingerprint density at radius 2 is 2.08 bits per heavy atom. The minimum Gasteiger partial charge on any atom is -0.0816 e. The van der Waals surface area contributed by atoms with E-state index in [4.69, 9.17) is 0 Å². The van der Waals surface area contributed by atoms with E-state index in [1.165, 1.54) is 38.5 Å². The van der Waals surface area contributed by atoms with Gasteiger partial charge in [0.25, 0.3) is 0 Å². The first-order chi connectivity index (χ1) is 5.93. The molecule has 0 aliphatic carbocycles. The summed E-state index contributed by atoms with van der Waals surface area (Å²) in [6.07, 6.45) is 8.49. The standard InChI is InChI=1S/C9H17P3/c1-2-3-4-5-6-7-9-8-10-12-11-9/h8,12H,2-7H2,1H3. The van der Waals surface area contributed by atoms with Crippen LogP contribution < -0.4 is 0 Å². The third-order valence-electron chi connectivity index (χ3n) is 2.00. The van der Waals surface area contributed by atoms with E-state index in [-0.39, 0.29) is 0 Å². The van der Waals surface area contributed by atoms with Crippen LogP contribution in [0, 0.1) is 0 Å². The molecule has 0 aromatic carbocycles. The number of rotatable bonds is 6. The second-order valence-electron chi connectivity index (χ2n) is 3.13. The number of hydrogen-bond donors (Lipinski definition) is 0. The van der Waals surface area contributed by atoms with Crippen molar-refractivity contribution in [3.05, 3.63) is 11.1 Å². The lowest BCUT2D eigenvalue weighted by atomic mass is 10.1. The fourth-order valence-corrected chi connectivity index (χ4v) is 7.03.